The number of nitro benzene ring substituents is 1. The highest BCUT2D eigenvalue weighted by atomic mass is 19.4. The van der Waals surface area contributed by atoms with Gasteiger partial charge in [0.05, 0.1) is 22.1 Å². The average Bonchev–Trinajstić information content (AvgIpc) is 2.75. The molecule has 0 atom stereocenters. The minimum atomic E-state index is -4.91. The molecule has 0 aliphatic carbocycles. The predicted octanol–water partition coefficient (Wildman–Crippen LogP) is 3.36. The fourth-order valence-corrected chi connectivity index (χ4v) is 1.81. The van der Waals surface area contributed by atoms with Crippen LogP contribution < -0.4 is 0 Å². The third kappa shape index (κ3) is 2.85. The second-order valence-electron chi connectivity index (χ2n) is 4.63. The molecule has 1 aromatic heterocycles. The van der Waals surface area contributed by atoms with Crippen LogP contribution in [0, 0.1) is 10.1 Å². The number of ether oxygens (including phenoxy) is 1. The van der Waals surface area contributed by atoms with Gasteiger partial charge in [-0.1, -0.05) is 0 Å². The highest BCUT2D eigenvalue weighted by molar-refractivity contribution is 5.88. The Hall–Kier alpha value is -2.65. The molecule has 0 amide bonds. The lowest BCUT2D eigenvalue weighted by molar-refractivity contribution is -0.384. The maximum atomic E-state index is 13.0. The fourth-order valence-electron chi connectivity index (χ4n) is 1.81. The van der Waals surface area contributed by atoms with E-state index in [1.807, 2.05) is 0 Å². The van der Waals surface area contributed by atoms with E-state index in [4.69, 9.17) is 4.74 Å². The number of nitrogens with zero attached hydrogens (tertiary/aromatic N) is 3. The standard InChI is InChI=1S/C12H10F3N3O4/c1-6(2)22-11(19)17-9-4-3-7(18(20)21)5-8(9)16-10(17)12(13,14)15/h3-6H,1-2H3. The number of nitro groups is 1. The molecule has 0 radical (unpaired) electrons. The Morgan fingerprint density at radius 1 is 1.41 bits per heavy atom. The second kappa shape index (κ2) is 5.28. The molecular weight excluding hydrogens is 307 g/mol. The van der Waals surface area contributed by atoms with Crippen molar-refractivity contribution in [3.8, 4) is 0 Å². The van der Waals surface area contributed by atoms with Crippen LogP contribution in [-0.2, 0) is 10.9 Å². The Morgan fingerprint density at radius 3 is 2.55 bits per heavy atom. The number of benzene rings is 1. The zero-order chi connectivity index (χ0) is 16.7. The van der Waals surface area contributed by atoms with E-state index >= 15 is 0 Å². The van der Waals surface area contributed by atoms with E-state index in [1.54, 1.807) is 0 Å². The van der Waals surface area contributed by atoms with Gasteiger partial charge in [0, 0.05) is 12.1 Å². The number of carbonyl (C=O) groups excluding carboxylic acids is 1. The lowest BCUT2D eigenvalue weighted by atomic mass is 10.3. The first kappa shape index (κ1) is 15.7. The molecule has 0 unspecified atom stereocenters. The monoisotopic (exact) mass is 317 g/mol. The van der Waals surface area contributed by atoms with Crippen molar-refractivity contribution in [3.05, 3.63) is 34.1 Å². The number of aromatic nitrogens is 2. The molecule has 0 aliphatic rings. The van der Waals surface area contributed by atoms with Crippen LogP contribution in [0.2, 0.25) is 0 Å². The SMILES string of the molecule is CC(C)OC(=O)n1c(C(F)(F)F)nc2cc([N+](=O)[O-])ccc21. The average molecular weight is 317 g/mol. The van der Waals surface area contributed by atoms with E-state index in [9.17, 15) is 28.1 Å². The quantitative estimate of drug-likeness (QED) is 0.626. The minimum Gasteiger partial charge on any atom is -0.446 e. The molecule has 118 valence electrons. The van der Waals surface area contributed by atoms with E-state index in [0.29, 0.717) is 0 Å². The van der Waals surface area contributed by atoms with Crippen LogP contribution in [0.15, 0.2) is 18.2 Å². The first-order valence-electron chi connectivity index (χ1n) is 6.06. The molecule has 0 N–H and O–H groups in total. The summed E-state index contributed by atoms with van der Waals surface area (Å²) >= 11 is 0. The molecule has 10 heteroatoms. The lowest BCUT2D eigenvalue weighted by Crippen LogP contribution is -2.24. The summed E-state index contributed by atoms with van der Waals surface area (Å²) in [5.41, 5.74) is -0.964. The van der Waals surface area contributed by atoms with Gasteiger partial charge in [-0.15, -0.1) is 0 Å². The van der Waals surface area contributed by atoms with Crippen molar-refractivity contribution in [2.45, 2.75) is 26.1 Å². The summed E-state index contributed by atoms with van der Waals surface area (Å²) in [6, 6.07) is 2.88. The minimum absolute atomic E-state index is 0.219. The molecule has 0 aliphatic heterocycles. The summed E-state index contributed by atoms with van der Waals surface area (Å²) in [5, 5.41) is 10.7. The predicted molar refractivity (Wildman–Crippen MR) is 68.4 cm³/mol. The number of non-ortho nitro benzene ring substituents is 1. The van der Waals surface area contributed by atoms with Crippen molar-refractivity contribution in [1.82, 2.24) is 9.55 Å². The van der Waals surface area contributed by atoms with Crippen LogP contribution in [0.5, 0.6) is 0 Å². The molecule has 1 heterocycles. The normalized spacial score (nSPS) is 11.9. The largest absolute Gasteiger partial charge is 0.450 e. The van der Waals surface area contributed by atoms with E-state index in [2.05, 4.69) is 4.98 Å². The summed E-state index contributed by atoms with van der Waals surface area (Å²) in [6.07, 6.45) is -6.80. The molecule has 0 saturated heterocycles. The number of rotatable bonds is 2. The van der Waals surface area contributed by atoms with Crippen molar-refractivity contribution in [2.75, 3.05) is 0 Å². The first-order chi connectivity index (χ1) is 10.1. The summed E-state index contributed by atoms with van der Waals surface area (Å²) in [5.74, 6) is -1.49. The van der Waals surface area contributed by atoms with Gasteiger partial charge in [-0.2, -0.15) is 13.2 Å². The van der Waals surface area contributed by atoms with Crippen LogP contribution in [0.3, 0.4) is 0 Å². The van der Waals surface area contributed by atoms with Gasteiger partial charge in [-0.05, 0) is 19.9 Å². The Kier molecular flexibility index (Phi) is 3.77. The van der Waals surface area contributed by atoms with E-state index in [0.717, 1.165) is 18.2 Å². The number of carbonyl (C=O) groups is 1. The maximum absolute atomic E-state index is 13.0. The number of imidazole rings is 1. The van der Waals surface area contributed by atoms with Gasteiger partial charge >= 0.3 is 12.3 Å². The number of alkyl halides is 3. The zero-order valence-corrected chi connectivity index (χ0v) is 11.4. The molecule has 0 bridgehead atoms. The lowest BCUT2D eigenvalue weighted by Gasteiger charge is -2.12. The van der Waals surface area contributed by atoms with Gasteiger partial charge in [0.15, 0.2) is 0 Å². The van der Waals surface area contributed by atoms with Gasteiger partial charge in [-0.25, -0.2) is 14.3 Å². The van der Waals surface area contributed by atoms with E-state index < -0.39 is 34.8 Å². The first-order valence-corrected chi connectivity index (χ1v) is 6.06. The topological polar surface area (TPSA) is 87.3 Å². The Balaban J connectivity index is 2.70. The molecule has 2 rings (SSSR count). The Labute approximate surface area is 121 Å². The van der Waals surface area contributed by atoms with Crippen LogP contribution in [-0.4, -0.2) is 26.7 Å². The van der Waals surface area contributed by atoms with Gasteiger partial charge < -0.3 is 4.74 Å². The van der Waals surface area contributed by atoms with Crippen molar-refractivity contribution >= 4 is 22.8 Å². The number of fused-ring (bicyclic) bond motifs is 1. The van der Waals surface area contributed by atoms with Crippen molar-refractivity contribution in [1.29, 1.82) is 0 Å². The fraction of sp³-hybridized carbons (Fsp3) is 0.333. The molecule has 0 saturated carbocycles. The molecule has 1 aromatic carbocycles. The Morgan fingerprint density at radius 2 is 2.05 bits per heavy atom. The third-order valence-corrected chi connectivity index (χ3v) is 2.62. The molecule has 22 heavy (non-hydrogen) atoms. The van der Waals surface area contributed by atoms with Crippen molar-refractivity contribution in [3.63, 3.8) is 0 Å². The van der Waals surface area contributed by atoms with E-state index in [-0.39, 0.29) is 15.6 Å². The van der Waals surface area contributed by atoms with Gasteiger partial charge in [-0.3, -0.25) is 10.1 Å². The van der Waals surface area contributed by atoms with Gasteiger partial charge in [0.1, 0.15) is 0 Å². The molecule has 0 fully saturated rings. The summed E-state index contributed by atoms with van der Waals surface area (Å²) in [4.78, 5) is 25.1. The number of hydrogen-bond donors (Lipinski definition) is 0. The number of hydrogen-bond acceptors (Lipinski definition) is 5. The highest BCUT2D eigenvalue weighted by Crippen LogP contribution is 2.32. The summed E-state index contributed by atoms with van der Waals surface area (Å²) < 4.78 is 44.1. The molecule has 0 spiro atoms. The smallest absolute Gasteiger partial charge is 0.446 e. The molecular formula is C12H10F3N3O4. The number of halogens is 3. The maximum Gasteiger partial charge on any atom is 0.450 e. The second-order valence-corrected chi connectivity index (χ2v) is 4.63. The zero-order valence-electron chi connectivity index (χ0n) is 11.4. The Bertz CT molecular complexity index is 752. The van der Waals surface area contributed by atoms with Crippen molar-refractivity contribution in [2.24, 2.45) is 0 Å². The van der Waals surface area contributed by atoms with E-state index in [1.165, 1.54) is 13.8 Å². The van der Waals surface area contributed by atoms with Crippen molar-refractivity contribution < 1.29 is 27.6 Å². The molecule has 7 nitrogen and oxygen atoms in total. The third-order valence-electron chi connectivity index (χ3n) is 2.62. The van der Waals surface area contributed by atoms with Gasteiger partial charge in [0.2, 0.25) is 5.82 Å². The van der Waals surface area contributed by atoms with Crippen LogP contribution in [0.1, 0.15) is 19.7 Å². The van der Waals surface area contributed by atoms with Gasteiger partial charge in [0.25, 0.3) is 5.69 Å². The van der Waals surface area contributed by atoms with Crippen LogP contribution in [0.4, 0.5) is 23.7 Å². The highest BCUT2D eigenvalue weighted by Gasteiger charge is 2.40. The van der Waals surface area contributed by atoms with Crippen LogP contribution >= 0.6 is 0 Å². The molecule has 2 aromatic rings. The summed E-state index contributed by atoms with van der Waals surface area (Å²) in [7, 11) is 0. The summed E-state index contributed by atoms with van der Waals surface area (Å²) in [6.45, 7) is 2.96. The van der Waals surface area contributed by atoms with Crippen LogP contribution in [0.25, 0.3) is 11.0 Å².